The molecule has 0 atom stereocenters. The fourth-order valence-electron chi connectivity index (χ4n) is 1.51. The van der Waals surface area contributed by atoms with Crippen molar-refractivity contribution >= 4 is 15.9 Å². The summed E-state index contributed by atoms with van der Waals surface area (Å²) in [6.07, 6.45) is 1.40. The zero-order valence-electron chi connectivity index (χ0n) is 11.7. The zero-order chi connectivity index (χ0) is 15.7. The van der Waals surface area contributed by atoms with E-state index >= 15 is 0 Å². The Labute approximate surface area is 124 Å². The Morgan fingerprint density at radius 2 is 2.00 bits per heavy atom. The molecule has 0 aromatic heterocycles. The molecule has 0 aliphatic rings. The normalized spacial score (nSPS) is 10.6. The maximum Gasteiger partial charge on any atom is 0.252 e. The van der Waals surface area contributed by atoms with E-state index in [4.69, 9.17) is 5.11 Å². The Bertz CT molecular complexity index is 644. The summed E-state index contributed by atoms with van der Waals surface area (Å²) in [5, 5.41) is 11.3. The highest BCUT2D eigenvalue weighted by Gasteiger charge is 2.09. The molecular formula is C14H18N2O4S. The second kappa shape index (κ2) is 8.42. The molecule has 1 aromatic carbocycles. The summed E-state index contributed by atoms with van der Waals surface area (Å²) >= 11 is 0. The fourth-order valence-corrected chi connectivity index (χ4v) is 1.98. The van der Waals surface area contributed by atoms with Crippen molar-refractivity contribution in [1.82, 2.24) is 10.0 Å². The number of carbonyl (C=O) groups excluding carboxylic acids is 1. The van der Waals surface area contributed by atoms with Gasteiger partial charge >= 0.3 is 0 Å². The summed E-state index contributed by atoms with van der Waals surface area (Å²) in [7, 11) is -3.26. The van der Waals surface area contributed by atoms with E-state index in [9.17, 15) is 13.2 Å². The van der Waals surface area contributed by atoms with Crippen LogP contribution in [0.2, 0.25) is 0 Å². The Balaban J connectivity index is 2.64. The van der Waals surface area contributed by atoms with E-state index in [1.807, 2.05) is 0 Å². The van der Waals surface area contributed by atoms with E-state index in [2.05, 4.69) is 21.9 Å². The molecule has 0 bridgehead atoms. The number of hydrogen-bond acceptors (Lipinski definition) is 4. The summed E-state index contributed by atoms with van der Waals surface area (Å²) < 4.78 is 24.1. The van der Waals surface area contributed by atoms with Crippen molar-refractivity contribution in [3.05, 3.63) is 35.4 Å². The summed E-state index contributed by atoms with van der Waals surface area (Å²) in [5.74, 6) is 5.27. The van der Waals surface area contributed by atoms with Crippen LogP contribution in [0.3, 0.4) is 0 Å². The van der Waals surface area contributed by atoms with Gasteiger partial charge in [-0.05, 0) is 12.1 Å². The Kier molecular flexibility index (Phi) is 6.88. The summed E-state index contributed by atoms with van der Waals surface area (Å²) in [6.45, 7) is 0.283. The van der Waals surface area contributed by atoms with E-state index in [-0.39, 0.29) is 25.6 Å². The van der Waals surface area contributed by atoms with Crippen LogP contribution in [0.4, 0.5) is 0 Å². The zero-order valence-corrected chi connectivity index (χ0v) is 12.5. The molecule has 0 saturated carbocycles. The molecular weight excluding hydrogens is 292 g/mol. The number of nitrogens with one attached hydrogen (secondary N) is 2. The highest BCUT2D eigenvalue weighted by molar-refractivity contribution is 7.88. The lowest BCUT2D eigenvalue weighted by Crippen LogP contribution is -2.34. The van der Waals surface area contributed by atoms with E-state index in [0.29, 0.717) is 17.5 Å². The molecule has 1 rings (SSSR count). The van der Waals surface area contributed by atoms with Gasteiger partial charge in [-0.2, -0.15) is 0 Å². The Hall–Kier alpha value is -1.88. The average molecular weight is 310 g/mol. The fraction of sp³-hybridized carbons (Fsp3) is 0.357. The quantitative estimate of drug-likeness (QED) is 0.496. The van der Waals surface area contributed by atoms with Crippen molar-refractivity contribution in [3.8, 4) is 11.8 Å². The smallest absolute Gasteiger partial charge is 0.252 e. The predicted molar refractivity (Wildman–Crippen MR) is 80.2 cm³/mol. The molecule has 21 heavy (non-hydrogen) atoms. The lowest BCUT2D eigenvalue weighted by molar-refractivity contribution is 0.0954. The summed E-state index contributed by atoms with van der Waals surface area (Å²) in [5.41, 5.74) is 0.988. The molecule has 0 fully saturated rings. The van der Waals surface area contributed by atoms with Gasteiger partial charge in [-0.15, -0.1) is 0 Å². The third-order valence-electron chi connectivity index (χ3n) is 2.41. The number of aliphatic hydroxyl groups is 1. The van der Waals surface area contributed by atoms with Gasteiger partial charge in [-0.3, -0.25) is 4.79 Å². The van der Waals surface area contributed by atoms with Crippen LogP contribution in [0, 0.1) is 11.8 Å². The minimum absolute atomic E-state index is 0.0292. The third kappa shape index (κ3) is 6.90. The van der Waals surface area contributed by atoms with Gasteiger partial charge in [0.2, 0.25) is 10.0 Å². The van der Waals surface area contributed by atoms with Crippen LogP contribution < -0.4 is 10.0 Å². The molecule has 0 spiro atoms. The first-order valence-corrected chi connectivity index (χ1v) is 8.25. The number of amides is 1. The van der Waals surface area contributed by atoms with Gasteiger partial charge in [0.15, 0.2) is 0 Å². The third-order valence-corrected chi connectivity index (χ3v) is 3.13. The highest BCUT2D eigenvalue weighted by Crippen LogP contribution is 2.07. The number of benzene rings is 1. The molecule has 7 heteroatoms. The molecule has 0 saturated heterocycles. The molecule has 6 nitrogen and oxygen atoms in total. The number of hydrogen-bond donors (Lipinski definition) is 3. The minimum atomic E-state index is -3.26. The standard InChI is InChI=1S/C14H18N2O4S/c1-21(19,20)16-10-9-15-14(18)13-8-3-2-6-12(13)7-4-5-11-17/h2-3,6,8,16-17H,5,9-11H2,1H3,(H,15,18). The van der Waals surface area contributed by atoms with Gasteiger partial charge in [-0.25, -0.2) is 13.1 Å². The molecule has 0 aliphatic carbocycles. The van der Waals surface area contributed by atoms with Crippen LogP contribution in [0.5, 0.6) is 0 Å². The maximum atomic E-state index is 12.0. The molecule has 0 heterocycles. The van der Waals surface area contributed by atoms with Crippen LogP contribution in [0.25, 0.3) is 0 Å². The van der Waals surface area contributed by atoms with Gasteiger partial charge in [0.1, 0.15) is 0 Å². The molecule has 0 radical (unpaired) electrons. The van der Waals surface area contributed by atoms with E-state index in [1.54, 1.807) is 24.3 Å². The van der Waals surface area contributed by atoms with Crippen LogP contribution in [0.1, 0.15) is 22.3 Å². The average Bonchev–Trinajstić information content (AvgIpc) is 2.43. The van der Waals surface area contributed by atoms with Crippen molar-refractivity contribution < 1.29 is 18.3 Å². The van der Waals surface area contributed by atoms with Crippen molar-refractivity contribution in [1.29, 1.82) is 0 Å². The van der Waals surface area contributed by atoms with E-state index in [1.165, 1.54) is 0 Å². The van der Waals surface area contributed by atoms with Crippen LogP contribution in [0.15, 0.2) is 24.3 Å². The molecule has 1 aromatic rings. The largest absolute Gasteiger partial charge is 0.395 e. The SMILES string of the molecule is CS(=O)(=O)NCCNC(=O)c1ccccc1C#CCCO. The van der Waals surface area contributed by atoms with Crippen LogP contribution in [-0.4, -0.2) is 45.4 Å². The van der Waals surface area contributed by atoms with Gasteiger partial charge in [0, 0.05) is 25.1 Å². The maximum absolute atomic E-state index is 12.0. The van der Waals surface area contributed by atoms with Gasteiger partial charge in [0.05, 0.1) is 18.4 Å². The van der Waals surface area contributed by atoms with Crippen molar-refractivity contribution in [2.75, 3.05) is 26.0 Å². The highest BCUT2D eigenvalue weighted by atomic mass is 32.2. The molecule has 114 valence electrons. The van der Waals surface area contributed by atoms with Gasteiger partial charge in [-0.1, -0.05) is 24.0 Å². The predicted octanol–water partition coefficient (Wildman–Crippen LogP) is -0.300. The summed E-state index contributed by atoms with van der Waals surface area (Å²) in [4.78, 5) is 12.0. The lowest BCUT2D eigenvalue weighted by Gasteiger charge is -2.07. The Morgan fingerprint density at radius 1 is 1.29 bits per heavy atom. The van der Waals surface area contributed by atoms with E-state index in [0.717, 1.165) is 6.26 Å². The number of aliphatic hydroxyl groups excluding tert-OH is 1. The van der Waals surface area contributed by atoms with Gasteiger partial charge in [0.25, 0.3) is 5.91 Å². The minimum Gasteiger partial charge on any atom is -0.395 e. The lowest BCUT2D eigenvalue weighted by atomic mass is 10.1. The second-order valence-corrected chi connectivity index (χ2v) is 6.08. The van der Waals surface area contributed by atoms with Crippen LogP contribution >= 0.6 is 0 Å². The summed E-state index contributed by atoms with van der Waals surface area (Å²) in [6, 6.07) is 6.85. The first-order valence-electron chi connectivity index (χ1n) is 6.35. The van der Waals surface area contributed by atoms with Crippen LogP contribution in [-0.2, 0) is 10.0 Å². The van der Waals surface area contributed by atoms with Crippen molar-refractivity contribution in [3.63, 3.8) is 0 Å². The van der Waals surface area contributed by atoms with Crippen molar-refractivity contribution in [2.45, 2.75) is 6.42 Å². The molecule has 0 aliphatic heterocycles. The number of carbonyl (C=O) groups is 1. The van der Waals surface area contributed by atoms with Crippen molar-refractivity contribution in [2.24, 2.45) is 0 Å². The molecule has 1 amide bonds. The monoisotopic (exact) mass is 310 g/mol. The first-order chi connectivity index (χ1) is 9.94. The first kappa shape index (κ1) is 17.2. The molecule has 3 N–H and O–H groups in total. The Morgan fingerprint density at radius 3 is 2.67 bits per heavy atom. The number of rotatable bonds is 6. The number of sulfonamides is 1. The second-order valence-electron chi connectivity index (χ2n) is 4.24. The van der Waals surface area contributed by atoms with E-state index < -0.39 is 10.0 Å². The van der Waals surface area contributed by atoms with Gasteiger partial charge < -0.3 is 10.4 Å². The molecule has 0 unspecified atom stereocenters. The topological polar surface area (TPSA) is 95.5 Å².